The largest absolute Gasteiger partial charge is 0.435 e. The van der Waals surface area contributed by atoms with Crippen LogP contribution in [0.5, 0.6) is 0 Å². The molecule has 0 unspecified atom stereocenters. The first-order valence-corrected chi connectivity index (χ1v) is 14.9. The summed E-state index contributed by atoms with van der Waals surface area (Å²) < 4.78 is 15.0. The zero-order valence-corrected chi connectivity index (χ0v) is 25.4. The lowest BCUT2D eigenvalue weighted by atomic mass is 10.1. The molecule has 10 heteroatoms. The zero-order chi connectivity index (χ0) is 31.1. The van der Waals surface area contributed by atoms with Gasteiger partial charge in [-0.15, -0.1) is 0 Å². The van der Waals surface area contributed by atoms with Crippen molar-refractivity contribution >= 4 is 52.1 Å². The van der Waals surface area contributed by atoms with E-state index in [4.69, 9.17) is 22.7 Å². The minimum absolute atomic E-state index is 0.161. The van der Waals surface area contributed by atoms with Gasteiger partial charge >= 0.3 is 0 Å². The number of hydrogen-bond donors (Lipinski definition) is 1. The van der Waals surface area contributed by atoms with Crippen LogP contribution in [0.15, 0.2) is 45.2 Å². The molecule has 0 amide bonds. The second-order valence-corrected chi connectivity index (χ2v) is 11.2. The van der Waals surface area contributed by atoms with Crippen molar-refractivity contribution in [3.05, 3.63) is 81.4 Å². The number of benzene rings is 2. The van der Waals surface area contributed by atoms with E-state index in [1.807, 2.05) is 50.2 Å². The average molecular weight is 581 g/mol. The summed E-state index contributed by atoms with van der Waals surface area (Å²) in [6.07, 6.45) is 6.23. The van der Waals surface area contributed by atoms with E-state index in [2.05, 4.69) is 36.0 Å². The van der Waals surface area contributed by atoms with Gasteiger partial charge in [-0.25, -0.2) is 9.97 Å². The van der Waals surface area contributed by atoms with Gasteiger partial charge < -0.3 is 19.2 Å². The Kier molecular flexibility index (Phi) is 7.52. The third-order valence-electron chi connectivity index (χ3n) is 8.32. The second-order valence-electron chi connectivity index (χ2n) is 11.2. The molecule has 4 aromatic heterocycles. The molecule has 9 nitrogen and oxygen atoms in total. The fourth-order valence-electron chi connectivity index (χ4n) is 5.89. The van der Waals surface area contributed by atoms with Crippen molar-refractivity contribution in [2.75, 3.05) is 5.84 Å². The van der Waals surface area contributed by atoms with Gasteiger partial charge in [0.25, 0.3) is 0 Å². The first-order valence-electron chi connectivity index (χ1n) is 14.9. The molecule has 0 spiro atoms. The first-order chi connectivity index (χ1) is 21.3. The predicted octanol–water partition coefficient (Wildman–Crippen LogP) is 5.12. The number of fused-ring (bicyclic) bond motifs is 3. The van der Waals surface area contributed by atoms with E-state index in [0.717, 1.165) is 49.7 Å². The molecule has 0 fully saturated rings. The molecule has 2 aromatic carbocycles. The van der Waals surface area contributed by atoms with Crippen LogP contribution in [0.4, 0.5) is 0 Å². The lowest BCUT2D eigenvalue weighted by molar-refractivity contribution is 0.584. The standard InChI is InChI=1S/C34H32BN7O2/c1-5-7-9-21-11-13-27-25(15-21)39-33(43-27)23(17-36)31-30-20(4)42(38)32(29(30)19(3)41(31)35)24(18-37)34-40-26-16-22(10-8-6-2)12-14-28(26)44-34/h11-16H,5-10,38H2,1-4H3/b31-23-,32-24-. The van der Waals surface area contributed by atoms with Gasteiger partial charge in [0, 0.05) is 22.2 Å². The summed E-state index contributed by atoms with van der Waals surface area (Å²) >= 11 is 0. The van der Waals surface area contributed by atoms with Crippen molar-refractivity contribution < 1.29 is 8.83 Å². The van der Waals surface area contributed by atoms with Gasteiger partial charge in [0.1, 0.15) is 34.3 Å². The molecule has 0 aliphatic rings. The lowest BCUT2D eigenvalue weighted by Crippen LogP contribution is -2.29. The first kappa shape index (κ1) is 28.9. The van der Waals surface area contributed by atoms with Gasteiger partial charge in [-0.2, -0.15) is 10.5 Å². The third-order valence-corrected chi connectivity index (χ3v) is 8.32. The van der Waals surface area contributed by atoms with E-state index in [-0.39, 0.29) is 22.9 Å². The van der Waals surface area contributed by atoms with Gasteiger partial charge in [0.2, 0.25) is 19.8 Å². The monoisotopic (exact) mass is 581 g/mol. The van der Waals surface area contributed by atoms with Crippen molar-refractivity contribution in [1.82, 2.24) is 19.1 Å². The van der Waals surface area contributed by atoms with Crippen LogP contribution in [0.3, 0.4) is 0 Å². The number of rotatable bonds is 8. The van der Waals surface area contributed by atoms with Crippen LogP contribution in [0.25, 0.3) is 44.1 Å². The minimum Gasteiger partial charge on any atom is -0.435 e. The van der Waals surface area contributed by atoms with Gasteiger partial charge in [0.15, 0.2) is 11.2 Å². The number of nitrogens with zero attached hydrogens (tertiary/aromatic N) is 6. The van der Waals surface area contributed by atoms with Crippen LogP contribution in [-0.4, -0.2) is 27.1 Å². The van der Waals surface area contributed by atoms with Crippen LogP contribution in [0.1, 0.15) is 73.8 Å². The quantitative estimate of drug-likeness (QED) is 0.195. The molecule has 6 aromatic rings. The molecule has 4 heterocycles. The van der Waals surface area contributed by atoms with Crippen LogP contribution in [0, 0.1) is 36.5 Å². The predicted molar refractivity (Wildman–Crippen MR) is 171 cm³/mol. The summed E-state index contributed by atoms with van der Waals surface area (Å²) in [5.74, 6) is 6.95. The highest BCUT2D eigenvalue weighted by molar-refractivity contribution is 6.11. The number of nitriles is 2. The zero-order valence-electron chi connectivity index (χ0n) is 25.4. The van der Waals surface area contributed by atoms with E-state index in [0.29, 0.717) is 55.1 Å². The van der Waals surface area contributed by atoms with E-state index in [1.165, 1.54) is 9.15 Å². The van der Waals surface area contributed by atoms with Crippen molar-refractivity contribution in [3.8, 4) is 12.1 Å². The second kappa shape index (κ2) is 11.5. The molecule has 0 saturated carbocycles. The Balaban J connectivity index is 1.60. The van der Waals surface area contributed by atoms with E-state index in [9.17, 15) is 10.5 Å². The molecule has 44 heavy (non-hydrogen) atoms. The van der Waals surface area contributed by atoms with E-state index in [1.54, 1.807) is 0 Å². The Morgan fingerprint density at radius 1 is 0.795 bits per heavy atom. The number of aryl methyl sites for hydroxylation is 4. The van der Waals surface area contributed by atoms with E-state index >= 15 is 0 Å². The maximum atomic E-state index is 10.4. The van der Waals surface area contributed by atoms with Crippen molar-refractivity contribution in [1.29, 1.82) is 10.5 Å². The topological polar surface area (TPSA) is 136 Å². The maximum absolute atomic E-state index is 10.4. The Morgan fingerprint density at radius 2 is 1.27 bits per heavy atom. The number of hydrogen-bond acceptors (Lipinski definition) is 7. The average Bonchev–Trinajstić information content (AvgIpc) is 3.76. The molecule has 218 valence electrons. The summed E-state index contributed by atoms with van der Waals surface area (Å²) in [5.41, 5.74) is 6.37. The molecule has 0 aliphatic heterocycles. The smallest absolute Gasteiger partial charge is 0.240 e. The van der Waals surface area contributed by atoms with Crippen LogP contribution < -0.4 is 16.5 Å². The fraction of sp³-hybridized carbons (Fsp3) is 0.294. The van der Waals surface area contributed by atoms with Crippen molar-refractivity contribution in [2.24, 2.45) is 0 Å². The molecule has 2 N–H and O–H groups in total. The van der Waals surface area contributed by atoms with E-state index < -0.39 is 0 Å². The number of unbranched alkanes of at least 4 members (excludes halogenated alkanes) is 2. The molecule has 0 saturated heterocycles. The Hall–Kier alpha value is -5.22. The molecule has 2 radical (unpaired) electrons. The summed E-state index contributed by atoms with van der Waals surface area (Å²) in [4.78, 5) is 9.36. The van der Waals surface area contributed by atoms with Crippen molar-refractivity contribution in [3.63, 3.8) is 0 Å². The Bertz CT molecular complexity index is 2120. The molecule has 0 bridgehead atoms. The fourth-order valence-corrected chi connectivity index (χ4v) is 5.89. The van der Waals surface area contributed by atoms with Gasteiger partial charge in [-0.1, -0.05) is 38.8 Å². The molecule has 0 atom stereocenters. The van der Waals surface area contributed by atoms with Crippen molar-refractivity contribution in [2.45, 2.75) is 66.2 Å². The summed E-state index contributed by atoms with van der Waals surface area (Å²) in [5, 5.41) is 22.8. The van der Waals surface area contributed by atoms with Crippen LogP contribution in [-0.2, 0) is 12.8 Å². The van der Waals surface area contributed by atoms with Crippen LogP contribution in [0.2, 0.25) is 0 Å². The minimum atomic E-state index is 0.161. The van der Waals surface area contributed by atoms with Gasteiger partial charge in [-0.3, -0.25) is 4.68 Å². The highest BCUT2D eigenvalue weighted by atomic mass is 16.4. The summed E-state index contributed by atoms with van der Waals surface area (Å²) in [6.45, 7) is 7.94. The normalized spacial score (nSPS) is 13.0. The highest BCUT2D eigenvalue weighted by Crippen LogP contribution is 2.26. The van der Waals surface area contributed by atoms with Gasteiger partial charge in [0.05, 0.1) is 10.7 Å². The summed E-state index contributed by atoms with van der Waals surface area (Å²) in [6, 6.07) is 16.3. The SMILES string of the molecule is [B]n1c(C)c2/c(=C(\C#N)c3nc4cc(CCCC)ccc4o3)n(N)c(C)c2/c1=C(\C#N)c1nc2cc(CCCC)ccc2o1. The molecular formula is C34H32BN7O2. The number of nitrogens with two attached hydrogens (primary N) is 1. The Labute approximate surface area is 255 Å². The number of aromatic nitrogens is 4. The molecule has 0 aliphatic carbocycles. The maximum Gasteiger partial charge on any atom is 0.240 e. The lowest BCUT2D eigenvalue weighted by Gasteiger charge is -2.04. The van der Waals surface area contributed by atoms with Crippen LogP contribution >= 0.6 is 0 Å². The Morgan fingerprint density at radius 3 is 1.75 bits per heavy atom. The molecule has 6 rings (SSSR count). The molecular weight excluding hydrogens is 549 g/mol. The third kappa shape index (κ3) is 4.64. The highest BCUT2D eigenvalue weighted by Gasteiger charge is 2.24. The number of oxazole rings is 2. The van der Waals surface area contributed by atoms with Gasteiger partial charge in [-0.05, 0) is 74.9 Å². The number of nitrogen functional groups attached to an aromatic ring is 1. The summed E-state index contributed by atoms with van der Waals surface area (Å²) in [7, 11) is 6.63.